The SMILES string of the molecule is C=CCN1C(=O)[C@@H]2[C@@H](C1=O)[C@@H]1C=C[C@H]2C12CC2. The number of carbonyl (C=O) groups is 2. The highest BCUT2D eigenvalue weighted by molar-refractivity contribution is 6.06. The molecule has 0 radical (unpaired) electrons. The molecule has 1 heterocycles. The Labute approximate surface area is 100 Å². The van der Waals surface area contributed by atoms with E-state index in [2.05, 4.69) is 18.7 Å². The number of rotatable bonds is 2. The first-order valence-electron chi connectivity index (χ1n) is 6.35. The predicted octanol–water partition coefficient (Wildman–Crippen LogP) is 1.37. The molecule has 2 amide bonds. The van der Waals surface area contributed by atoms with Crippen LogP contribution in [0.3, 0.4) is 0 Å². The second kappa shape index (κ2) is 2.71. The molecule has 4 atom stereocenters. The van der Waals surface area contributed by atoms with Crippen molar-refractivity contribution in [3.8, 4) is 0 Å². The van der Waals surface area contributed by atoms with Crippen LogP contribution in [0, 0.1) is 29.1 Å². The lowest BCUT2D eigenvalue weighted by Crippen LogP contribution is -2.34. The average molecular weight is 229 g/mol. The number of fused-ring (bicyclic) bond motifs is 3. The fourth-order valence-corrected chi connectivity index (χ4v) is 4.45. The van der Waals surface area contributed by atoms with Gasteiger partial charge >= 0.3 is 0 Å². The van der Waals surface area contributed by atoms with Crippen LogP contribution in [0.15, 0.2) is 24.8 Å². The number of hydrogen-bond acceptors (Lipinski definition) is 2. The third-order valence-corrected chi connectivity index (χ3v) is 5.26. The van der Waals surface area contributed by atoms with Crippen molar-refractivity contribution < 1.29 is 9.59 Å². The van der Waals surface area contributed by atoms with Crippen molar-refractivity contribution in [1.29, 1.82) is 0 Å². The van der Waals surface area contributed by atoms with Crippen molar-refractivity contribution in [3.63, 3.8) is 0 Å². The molecule has 3 nitrogen and oxygen atoms in total. The van der Waals surface area contributed by atoms with E-state index >= 15 is 0 Å². The highest BCUT2D eigenvalue weighted by atomic mass is 16.2. The van der Waals surface area contributed by atoms with E-state index in [0.717, 1.165) is 0 Å². The monoisotopic (exact) mass is 229 g/mol. The molecule has 4 aliphatic rings. The van der Waals surface area contributed by atoms with Crippen LogP contribution in [-0.2, 0) is 9.59 Å². The minimum atomic E-state index is -0.0556. The first-order valence-corrected chi connectivity index (χ1v) is 6.35. The molecule has 3 fully saturated rings. The van der Waals surface area contributed by atoms with Gasteiger partial charge in [0.15, 0.2) is 0 Å². The number of hydrogen-bond donors (Lipinski definition) is 0. The maximum atomic E-state index is 12.3. The Morgan fingerprint density at radius 3 is 2.18 bits per heavy atom. The molecule has 3 heteroatoms. The minimum Gasteiger partial charge on any atom is -0.278 e. The van der Waals surface area contributed by atoms with Crippen LogP contribution in [0.2, 0.25) is 0 Å². The smallest absolute Gasteiger partial charge is 0.234 e. The van der Waals surface area contributed by atoms with Gasteiger partial charge < -0.3 is 0 Å². The third kappa shape index (κ3) is 0.874. The second-order valence-corrected chi connectivity index (χ2v) is 5.80. The number of imide groups is 1. The lowest BCUT2D eigenvalue weighted by molar-refractivity contribution is -0.140. The summed E-state index contributed by atoms with van der Waals surface area (Å²) in [7, 11) is 0. The zero-order valence-corrected chi connectivity index (χ0v) is 9.63. The molecule has 4 rings (SSSR count). The van der Waals surface area contributed by atoms with Gasteiger partial charge in [0.05, 0.1) is 11.8 Å². The molecule has 0 aromatic heterocycles. The Balaban J connectivity index is 1.76. The molecular formula is C14H15NO2. The molecule has 0 unspecified atom stereocenters. The second-order valence-electron chi connectivity index (χ2n) is 5.80. The van der Waals surface area contributed by atoms with Crippen LogP contribution in [0.25, 0.3) is 0 Å². The molecule has 0 N–H and O–H groups in total. The Morgan fingerprint density at radius 2 is 1.76 bits per heavy atom. The predicted molar refractivity (Wildman–Crippen MR) is 61.7 cm³/mol. The van der Waals surface area contributed by atoms with Crippen molar-refractivity contribution in [2.45, 2.75) is 12.8 Å². The highest BCUT2D eigenvalue weighted by Crippen LogP contribution is 2.73. The van der Waals surface area contributed by atoms with Gasteiger partial charge in [-0.2, -0.15) is 0 Å². The van der Waals surface area contributed by atoms with Gasteiger partial charge in [-0.05, 0) is 30.1 Å². The topological polar surface area (TPSA) is 37.4 Å². The summed E-state index contributed by atoms with van der Waals surface area (Å²) in [5.74, 6) is 0.651. The lowest BCUT2D eigenvalue weighted by Gasteiger charge is -2.20. The molecule has 3 aliphatic carbocycles. The Hall–Kier alpha value is -1.38. The van der Waals surface area contributed by atoms with Crippen LogP contribution in [0.1, 0.15) is 12.8 Å². The number of allylic oxidation sites excluding steroid dienone is 2. The minimum absolute atomic E-state index is 0.0445. The maximum Gasteiger partial charge on any atom is 0.234 e. The first-order chi connectivity index (χ1) is 8.20. The summed E-state index contributed by atoms with van der Waals surface area (Å²) in [6.07, 6.45) is 8.43. The molecule has 1 saturated heterocycles. The summed E-state index contributed by atoms with van der Waals surface area (Å²) in [5.41, 5.74) is 0.306. The number of carbonyl (C=O) groups excluding carboxylic acids is 2. The molecule has 0 aromatic carbocycles. The van der Waals surface area contributed by atoms with Gasteiger partial charge in [0, 0.05) is 6.54 Å². The first kappa shape index (κ1) is 9.63. The Bertz CT molecular complexity index is 441. The van der Waals surface area contributed by atoms with E-state index in [1.54, 1.807) is 6.08 Å². The maximum absolute atomic E-state index is 12.3. The van der Waals surface area contributed by atoms with E-state index in [-0.39, 0.29) is 23.7 Å². The molecule has 2 saturated carbocycles. The van der Waals surface area contributed by atoms with Gasteiger partial charge in [0.1, 0.15) is 0 Å². The lowest BCUT2D eigenvalue weighted by atomic mass is 9.85. The number of amides is 2. The van der Waals surface area contributed by atoms with E-state index in [1.165, 1.54) is 17.7 Å². The van der Waals surface area contributed by atoms with Crippen molar-refractivity contribution in [2.75, 3.05) is 6.54 Å². The van der Waals surface area contributed by atoms with Crippen LogP contribution >= 0.6 is 0 Å². The summed E-state index contributed by atoms with van der Waals surface area (Å²) in [5, 5.41) is 0. The third-order valence-electron chi connectivity index (χ3n) is 5.26. The fourth-order valence-electron chi connectivity index (χ4n) is 4.45. The molecule has 1 aliphatic heterocycles. The zero-order chi connectivity index (χ0) is 11.8. The quantitative estimate of drug-likeness (QED) is 0.530. The Morgan fingerprint density at radius 1 is 1.24 bits per heavy atom. The van der Waals surface area contributed by atoms with Gasteiger partial charge in [-0.1, -0.05) is 18.2 Å². The van der Waals surface area contributed by atoms with Crippen molar-refractivity contribution in [3.05, 3.63) is 24.8 Å². The van der Waals surface area contributed by atoms with Crippen LogP contribution in [-0.4, -0.2) is 23.3 Å². The van der Waals surface area contributed by atoms with E-state index in [1.807, 2.05) is 0 Å². The zero-order valence-electron chi connectivity index (χ0n) is 9.63. The Kier molecular flexibility index (Phi) is 1.54. The molecule has 88 valence electrons. The summed E-state index contributed by atoms with van der Waals surface area (Å²) in [4.78, 5) is 26.0. The molecule has 1 spiro atoms. The molecule has 0 aromatic rings. The summed E-state index contributed by atoms with van der Waals surface area (Å²) in [6.45, 7) is 3.99. The van der Waals surface area contributed by atoms with Gasteiger partial charge in [-0.15, -0.1) is 6.58 Å². The van der Waals surface area contributed by atoms with Crippen LogP contribution in [0.4, 0.5) is 0 Å². The van der Waals surface area contributed by atoms with E-state index in [0.29, 0.717) is 23.8 Å². The summed E-state index contributed by atoms with van der Waals surface area (Å²) >= 11 is 0. The van der Waals surface area contributed by atoms with E-state index < -0.39 is 0 Å². The van der Waals surface area contributed by atoms with Gasteiger partial charge in [-0.3, -0.25) is 14.5 Å². The molecule has 2 bridgehead atoms. The summed E-state index contributed by atoms with van der Waals surface area (Å²) < 4.78 is 0. The highest BCUT2D eigenvalue weighted by Gasteiger charge is 2.73. The normalized spacial score (nSPS) is 43.6. The number of nitrogens with zero attached hydrogens (tertiary/aromatic N) is 1. The largest absolute Gasteiger partial charge is 0.278 e. The van der Waals surface area contributed by atoms with Crippen LogP contribution in [0.5, 0.6) is 0 Å². The van der Waals surface area contributed by atoms with Gasteiger partial charge in [0.2, 0.25) is 11.8 Å². The number of likely N-dealkylation sites (tertiary alicyclic amines) is 1. The van der Waals surface area contributed by atoms with E-state index in [4.69, 9.17) is 0 Å². The van der Waals surface area contributed by atoms with Crippen molar-refractivity contribution >= 4 is 11.8 Å². The van der Waals surface area contributed by atoms with Crippen molar-refractivity contribution in [2.24, 2.45) is 29.1 Å². The fraction of sp³-hybridized carbons (Fsp3) is 0.571. The summed E-state index contributed by atoms with van der Waals surface area (Å²) in [6, 6.07) is 0. The van der Waals surface area contributed by atoms with E-state index in [9.17, 15) is 9.59 Å². The van der Waals surface area contributed by atoms with Crippen LogP contribution < -0.4 is 0 Å². The van der Waals surface area contributed by atoms with Gasteiger partial charge in [-0.25, -0.2) is 0 Å². The van der Waals surface area contributed by atoms with Gasteiger partial charge in [0.25, 0.3) is 0 Å². The average Bonchev–Trinajstić information content (AvgIpc) is 2.93. The molecule has 17 heavy (non-hydrogen) atoms. The standard InChI is InChI=1S/C14H15NO2/c1-2-7-15-12(16)10-8-3-4-9(11(10)13(15)17)14(8)5-6-14/h2-4,8-11H,1,5-7H2/t8-,9+,10-,11-/m0/s1. The van der Waals surface area contributed by atoms with Crippen molar-refractivity contribution in [1.82, 2.24) is 4.90 Å². The molecular weight excluding hydrogens is 214 g/mol.